The van der Waals surface area contributed by atoms with Gasteiger partial charge in [-0.15, -0.1) is 0 Å². The topological polar surface area (TPSA) is 97.3 Å². The molecule has 8 nitrogen and oxygen atoms in total. The van der Waals surface area contributed by atoms with Crippen LogP contribution >= 0.6 is 0 Å². The zero-order valence-corrected chi connectivity index (χ0v) is 15.8. The third-order valence-corrected chi connectivity index (χ3v) is 5.44. The number of para-hydroxylation sites is 1. The van der Waals surface area contributed by atoms with Crippen molar-refractivity contribution in [3.63, 3.8) is 0 Å². The van der Waals surface area contributed by atoms with Crippen LogP contribution in [0.1, 0.15) is 30.1 Å². The van der Waals surface area contributed by atoms with Gasteiger partial charge < -0.3 is 10.0 Å². The molecule has 3 heterocycles. The lowest BCUT2D eigenvalue weighted by Gasteiger charge is -2.34. The Labute approximate surface area is 162 Å². The van der Waals surface area contributed by atoms with E-state index in [9.17, 15) is 15.2 Å². The largest absolute Gasteiger partial charge is 0.394 e. The van der Waals surface area contributed by atoms with E-state index >= 15 is 0 Å². The number of nitro benzene ring substituents is 1. The van der Waals surface area contributed by atoms with E-state index in [4.69, 9.17) is 0 Å². The number of nitrogens with zero attached hydrogens (tertiary/aromatic N) is 5. The van der Waals surface area contributed by atoms with E-state index in [0.717, 1.165) is 42.7 Å². The van der Waals surface area contributed by atoms with Crippen LogP contribution in [0, 0.1) is 17.0 Å². The molecule has 0 bridgehead atoms. The highest BCUT2D eigenvalue weighted by Crippen LogP contribution is 2.36. The third-order valence-electron chi connectivity index (χ3n) is 5.44. The fraction of sp³-hybridized carbons (Fsp3) is 0.400. The van der Waals surface area contributed by atoms with Gasteiger partial charge in [0.2, 0.25) is 0 Å². The molecule has 0 amide bonds. The quantitative estimate of drug-likeness (QED) is 0.539. The minimum absolute atomic E-state index is 0.0465. The van der Waals surface area contributed by atoms with Gasteiger partial charge in [-0.3, -0.25) is 14.8 Å². The monoisotopic (exact) mass is 381 g/mol. The average molecular weight is 381 g/mol. The minimum Gasteiger partial charge on any atom is -0.394 e. The van der Waals surface area contributed by atoms with Crippen LogP contribution in [0.25, 0.3) is 10.9 Å². The maximum atomic E-state index is 11.4. The molecule has 0 unspecified atom stereocenters. The summed E-state index contributed by atoms with van der Waals surface area (Å²) in [5.41, 5.74) is 3.45. The summed E-state index contributed by atoms with van der Waals surface area (Å²) in [4.78, 5) is 17.8. The van der Waals surface area contributed by atoms with Gasteiger partial charge >= 0.3 is 0 Å². The summed E-state index contributed by atoms with van der Waals surface area (Å²) < 4.78 is 1.88. The van der Waals surface area contributed by atoms with Gasteiger partial charge in [0.15, 0.2) is 5.52 Å². The lowest BCUT2D eigenvalue weighted by molar-refractivity contribution is -0.383. The highest BCUT2D eigenvalue weighted by molar-refractivity contribution is 5.97. The molecule has 2 aromatic heterocycles. The van der Waals surface area contributed by atoms with Crippen molar-refractivity contribution in [1.82, 2.24) is 14.8 Å². The Hall–Kier alpha value is -3.00. The van der Waals surface area contributed by atoms with Gasteiger partial charge in [0.05, 0.1) is 18.1 Å². The Balaban J connectivity index is 1.61. The number of aromatic nitrogens is 3. The molecule has 4 rings (SSSR count). The number of piperidine rings is 1. The van der Waals surface area contributed by atoms with Gasteiger partial charge in [-0.2, -0.15) is 5.10 Å². The lowest BCUT2D eigenvalue weighted by Crippen LogP contribution is -2.33. The first-order valence-corrected chi connectivity index (χ1v) is 9.50. The van der Waals surface area contributed by atoms with E-state index < -0.39 is 0 Å². The van der Waals surface area contributed by atoms with E-state index in [1.165, 1.54) is 11.8 Å². The number of aliphatic hydroxyl groups excluding tert-OH is 1. The van der Waals surface area contributed by atoms with E-state index in [1.807, 2.05) is 29.8 Å². The SMILES string of the molecule is Cc1cc(N2CCC(c3ccnn3CCO)CC2)c2cccc([N+](=O)[O-])c2n1. The van der Waals surface area contributed by atoms with Crippen LogP contribution in [0.15, 0.2) is 36.5 Å². The molecule has 146 valence electrons. The maximum Gasteiger partial charge on any atom is 0.295 e. The smallest absolute Gasteiger partial charge is 0.295 e. The molecule has 1 saturated heterocycles. The summed E-state index contributed by atoms with van der Waals surface area (Å²) in [5.74, 6) is 0.397. The third kappa shape index (κ3) is 3.31. The number of rotatable bonds is 5. The fourth-order valence-corrected chi connectivity index (χ4v) is 4.14. The van der Waals surface area contributed by atoms with Gasteiger partial charge in [0, 0.05) is 53.7 Å². The number of anilines is 1. The zero-order chi connectivity index (χ0) is 19.7. The fourth-order valence-electron chi connectivity index (χ4n) is 4.14. The summed E-state index contributed by atoms with van der Waals surface area (Å²) >= 11 is 0. The molecule has 28 heavy (non-hydrogen) atoms. The van der Waals surface area contributed by atoms with Crippen LogP contribution in [0.5, 0.6) is 0 Å². The Kier molecular flexibility index (Phi) is 4.95. The predicted molar refractivity (Wildman–Crippen MR) is 107 cm³/mol. The van der Waals surface area contributed by atoms with Gasteiger partial charge in [-0.25, -0.2) is 4.98 Å². The van der Waals surface area contributed by atoms with Crippen LogP contribution in [0.4, 0.5) is 11.4 Å². The zero-order valence-electron chi connectivity index (χ0n) is 15.8. The number of benzene rings is 1. The Morgan fingerprint density at radius 3 is 2.79 bits per heavy atom. The second-order valence-electron chi connectivity index (χ2n) is 7.18. The number of hydrogen-bond donors (Lipinski definition) is 1. The van der Waals surface area contributed by atoms with Crippen molar-refractivity contribution in [3.05, 3.63) is 58.0 Å². The van der Waals surface area contributed by atoms with Gasteiger partial charge in [0.1, 0.15) is 0 Å². The molecular weight excluding hydrogens is 358 g/mol. The van der Waals surface area contributed by atoms with Crippen LogP contribution in [-0.2, 0) is 6.54 Å². The molecule has 0 atom stereocenters. The number of hydrogen-bond acceptors (Lipinski definition) is 6. The Bertz CT molecular complexity index is 1010. The Morgan fingerprint density at radius 2 is 2.07 bits per heavy atom. The number of non-ortho nitro benzene ring substituents is 1. The van der Waals surface area contributed by atoms with Crippen LogP contribution in [0.2, 0.25) is 0 Å². The number of aliphatic hydroxyl groups is 1. The standard InChI is InChI=1S/C20H23N5O3/c1-14-13-19(16-3-2-4-18(25(27)28)20(16)22-14)23-9-6-15(7-10-23)17-5-8-21-24(17)11-12-26/h2-5,8,13,15,26H,6-7,9-12H2,1H3. The first-order chi connectivity index (χ1) is 13.6. The molecule has 0 aliphatic carbocycles. The van der Waals surface area contributed by atoms with E-state index in [2.05, 4.69) is 15.0 Å². The van der Waals surface area contributed by atoms with Crippen molar-refractivity contribution in [2.24, 2.45) is 0 Å². The van der Waals surface area contributed by atoms with E-state index in [0.29, 0.717) is 18.0 Å². The van der Waals surface area contributed by atoms with Crippen molar-refractivity contribution in [2.75, 3.05) is 24.6 Å². The van der Waals surface area contributed by atoms with Gasteiger partial charge in [0.25, 0.3) is 5.69 Å². The lowest BCUT2D eigenvalue weighted by atomic mass is 9.92. The minimum atomic E-state index is -0.368. The van der Waals surface area contributed by atoms with E-state index in [1.54, 1.807) is 12.3 Å². The maximum absolute atomic E-state index is 11.4. The summed E-state index contributed by atoms with van der Waals surface area (Å²) in [6, 6.07) is 9.19. The van der Waals surface area contributed by atoms with Crippen molar-refractivity contribution in [1.29, 1.82) is 0 Å². The molecule has 1 aromatic carbocycles. The van der Waals surface area contributed by atoms with Crippen LogP contribution in [0.3, 0.4) is 0 Å². The van der Waals surface area contributed by atoms with Crippen LogP contribution < -0.4 is 4.90 Å². The molecule has 3 aromatic rings. The molecule has 1 aliphatic heterocycles. The van der Waals surface area contributed by atoms with Crippen molar-refractivity contribution >= 4 is 22.3 Å². The first-order valence-electron chi connectivity index (χ1n) is 9.50. The molecule has 8 heteroatoms. The van der Waals surface area contributed by atoms with Crippen molar-refractivity contribution in [2.45, 2.75) is 32.2 Å². The van der Waals surface area contributed by atoms with Crippen molar-refractivity contribution < 1.29 is 10.0 Å². The summed E-state index contributed by atoms with van der Waals surface area (Å²) in [6.07, 6.45) is 3.72. The number of pyridine rings is 1. The second-order valence-corrected chi connectivity index (χ2v) is 7.18. The average Bonchev–Trinajstić information content (AvgIpc) is 3.15. The molecular formula is C20H23N5O3. The van der Waals surface area contributed by atoms with Crippen molar-refractivity contribution in [3.8, 4) is 0 Å². The molecule has 0 spiro atoms. The normalized spacial score (nSPS) is 15.3. The highest BCUT2D eigenvalue weighted by atomic mass is 16.6. The summed E-state index contributed by atoms with van der Waals surface area (Å²) in [5, 5.41) is 25.7. The van der Waals surface area contributed by atoms with Gasteiger partial charge in [-0.05, 0) is 31.9 Å². The number of fused-ring (bicyclic) bond motifs is 1. The second kappa shape index (κ2) is 7.55. The molecule has 1 fully saturated rings. The summed E-state index contributed by atoms with van der Waals surface area (Å²) in [7, 11) is 0. The highest BCUT2D eigenvalue weighted by Gasteiger charge is 2.25. The van der Waals surface area contributed by atoms with Gasteiger partial charge in [-0.1, -0.05) is 12.1 Å². The number of aryl methyl sites for hydroxylation is 1. The Morgan fingerprint density at radius 1 is 1.29 bits per heavy atom. The van der Waals surface area contributed by atoms with Crippen LogP contribution in [-0.4, -0.2) is 44.5 Å². The molecule has 0 radical (unpaired) electrons. The first kappa shape index (κ1) is 18.4. The molecule has 1 aliphatic rings. The molecule has 1 N–H and O–H groups in total. The van der Waals surface area contributed by atoms with E-state index in [-0.39, 0.29) is 17.2 Å². The predicted octanol–water partition coefficient (Wildman–Crippen LogP) is 3.02. The summed E-state index contributed by atoms with van der Waals surface area (Å²) in [6.45, 7) is 4.18. The number of nitro groups is 1. The molecule has 0 saturated carbocycles.